The van der Waals surface area contributed by atoms with Gasteiger partial charge in [-0.1, -0.05) is 17.7 Å². The van der Waals surface area contributed by atoms with Crippen molar-refractivity contribution in [1.29, 1.82) is 0 Å². The summed E-state index contributed by atoms with van der Waals surface area (Å²) in [5.74, 6) is -0.489. The van der Waals surface area contributed by atoms with E-state index in [1.807, 2.05) is 0 Å². The van der Waals surface area contributed by atoms with E-state index < -0.39 is 10.9 Å². The van der Waals surface area contributed by atoms with E-state index in [0.717, 1.165) is 30.8 Å². The first kappa shape index (κ1) is 16.6. The Morgan fingerprint density at radius 1 is 1.42 bits per heavy atom. The number of rotatable bonds is 5. The third-order valence-electron chi connectivity index (χ3n) is 4.07. The minimum atomic E-state index is -0.489. The number of anilines is 1. The van der Waals surface area contributed by atoms with Gasteiger partial charge >= 0.3 is 0 Å². The summed E-state index contributed by atoms with van der Waals surface area (Å²) in [4.78, 5) is 16.2. The number of nitro benzene ring substituents is 1. The van der Waals surface area contributed by atoms with Crippen molar-refractivity contribution < 1.29 is 9.31 Å². The van der Waals surface area contributed by atoms with Gasteiger partial charge in [-0.25, -0.2) is 4.98 Å². The van der Waals surface area contributed by atoms with Crippen LogP contribution in [0.3, 0.4) is 0 Å². The molecule has 0 bridgehead atoms. The number of hydrogen-bond acceptors (Lipinski definition) is 5. The molecule has 24 heavy (non-hydrogen) atoms. The van der Waals surface area contributed by atoms with Crippen molar-refractivity contribution in [2.24, 2.45) is 0 Å². The summed E-state index contributed by atoms with van der Waals surface area (Å²) in [6, 6.07) is 8.13. The van der Waals surface area contributed by atoms with Crippen molar-refractivity contribution in [1.82, 2.24) is 10.3 Å². The maximum absolute atomic E-state index is 12.9. The normalized spacial score (nSPS) is 17.2. The highest BCUT2D eigenvalue weighted by Crippen LogP contribution is 2.25. The number of nitro groups is 1. The van der Waals surface area contributed by atoms with Crippen molar-refractivity contribution in [2.45, 2.75) is 19.0 Å². The second-order valence-corrected chi connectivity index (χ2v) is 6.10. The lowest BCUT2D eigenvalue weighted by molar-refractivity contribution is -0.384. The number of hydrogen-bond donors (Lipinski definition) is 1. The molecule has 1 saturated heterocycles. The van der Waals surface area contributed by atoms with Crippen LogP contribution in [0.1, 0.15) is 12.0 Å². The van der Waals surface area contributed by atoms with Gasteiger partial charge in [-0.3, -0.25) is 10.1 Å². The Labute approximate surface area is 143 Å². The molecule has 8 heteroatoms. The van der Waals surface area contributed by atoms with Crippen LogP contribution in [0.5, 0.6) is 0 Å². The van der Waals surface area contributed by atoms with Crippen molar-refractivity contribution >= 4 is 23.0 Å². The molecule has 6 nitrogen and oxygen atoms in total. The van der Waals surface area contributed by atoms with E-state index in [0.29, 0.717) is 6.54 Å². The van der Waals surface area contributed by atoms with Gasteiger partial charge in [-0.05, 0) is 30.2 Å². The summed E-state index contributed by atoms with van der Waals surface area (Å²) in [6.07, 6.45) is 2.47. The summed E-state index contributed by atoms with van der Waals surface area (Å²) in [7, 11) is 0. The highest BCUT2D eigenvalue weighted by molar-refractivity contribution is 6.32. The number of pyridine rings is 1. The monoisotopic (exact) mass is 350 g/mol. The maximum atomic E-state index is 12.9. The maximum Gasteiger partial charge on any atom is 0.288 e. The van der Waals surface area contributed by atoms with Crippen LogP contribution in [0.25, 0.3) is 0 Å². The van der Waals surface area contributed by atoms with E-state index in [4.69, 9.17) is 11.6 Å². The fourth-order valence-corrected chi connectivity index (χ4v) is 2.97. The zero-order chi connectivity index (χ0) is 17.1. The van der Waals surface area contributed by atoms with Gasteiger partial charge in [-0.15, -0.1) is 0 Å². The summed E-state index contributed by atoms with van der Waals surface area (Å²) in [5, 5.41) is 14.5. The Morgan fingerprint density at radius 2 is 2.25 bits per heavy atom. The fraction of sp³-hybridized carbons (Fsp3) is 0.312. The molecule has 0 amide bonds. The second-order valence-electron chi connectivity index (χ2n) is 5.69. The fourth-order valence-electron chi connectivity index (χ4n) is 2.79. The Kier molecular flexibility index (Phi) is 4.92. The largest absolute Gasteiger partial charge is 0.369 e. The minimum Gasteiger partial charge on any atom is -0.369 e. The molecule has 2 aromatic rings. The van der Waals surface area contributed by atoms with Gasteiger partial charge in [0.05, 0.1) is 16.8 Å². The Morgan fingerprint density at radius 3 is 2.96 bits per heavy atom. The lowest BCUT2D eigenvalue weighted by Gasteiger charge is -2.18. The van der Waals surface area contributed by atoms with Crippen molar-refractivity contribution in [3.63, 3.8) is 0 Å². The van der Waals surface area contributed by atoms with Crippen LogP contribution < -0.4 is 10.2 Å². The molecule has 126 valence electrons. The first-order valence-corrected chi connectivity index (χ1v) is 7.93. The summed E-state index contributed by atoms with van der Waals surface area (Å²) >= 11 is 5.82. The number of halogens is 2. The van der Waals surface area contributed by atoms with Crippen LogP contribution in [0, 0.1) is 16.1 Å². The van der Waals surface area contributed by atoms with E-state index >= 15 is 0 Å². The Balaban J connectivity index is 1.57. The highest BCUT2D eigenvalue weighted by Gasteiger charge is 2.22. The molecule has 1 aromatic carbocycles. The zero-order valence-corrected chi connectivity index (χ0v) is 13.5. The molecule has 0 aliphatic carbocycles. The molecule has 0 radical (unpaired) electrons. The highest BCUT2D eigenvalue weighted by atomic mass is 35.5. The molecule has 0 saturated carbocycles. The number of nitrogens with one attached hydrogen (secondary N) is 1. The molecule has 1 fully saturated rings. The lowest BCUT2D eigenvalue weighted by atomic mass is 10.2. The van der Waals surface area contributed by atoms with E-state index in [1.165, 1.54) is 18.3 Å². The number of aromatic nitrogens is 1. The first-order chi connectivity index (χ1) is 11.5. The van der Waals surface area contributed by atoms with Gasteiger partial charge in [0.25, 0.3) is 5.69 Å². The van der Waals surface area contributed by atoms with Crippen LogP contribution in [-0.4, -0.2) is 29.0 Å². The third kappa shape index (κ3) is 3.80. The topological polar surface area (TPSA) is 71.3 Å². The zero-order valence-electron chi connectivity index (χ0n) is 12.8. The van der Waals surface area contributed by atoms with E-state index in [-0.39, 0.29) is 16.8 Å². The van der Waals surface area contributed by atoms with Crippen molar-refractivity contribution in [3.05, 3.63) is 63.2 Å². The summed E-state index contributed by atoms with van der Waals surface area (Å²) in [5.41, 5.74) is 1.62. The standard InChI is InChI=1S/C16H16ClFN4O2/c17-14-3-1-11(7-15(14)22(23)24)8-19-12-5-6-21(10-12)13-2-4-16(18)20-9-13/h1-4,7,9,12,19H,5-6,8,10H2/t12-/m0/s1. The molecule has 0 spiro atoms. The lowest BCUT2D eigenvalue weighted by Crippen LogP contribution is -2.32. The molecule has 0 unspecified atom stereocenters. The summed E-state index contributed by atoms with van der Waals surface area (Å²) < 4.78 is 12.9. The van der Waals surface area contributed by atoms with Crippen LogP contribution in [-0.2, 0) is 6.54 Å². The second kappa shape index (κ2) is 7.11. The van der Waals surface area contributed by atoms with E-state index in [9.17, 15) is 14.5 Å². The molecule has 1 N–H and O–H groups in total. The van der Waals surface area contributed by atoms with Crippen molar-refractivity contribution in [3.8, 4) is 0 Å². The molecular formula is C16H16ClFN4O2. The van der Waals surface area contributed by atoms with Crippen molar-refractivity contribution in [2.75, 3.05) is 18.0 Å². The quantitative estimate of drug-likeness (QED) is 0.509. The number of nitrogens with zero attached hydrogens (tertiary/aromatic N) is 3. The van der Waals surface area contributed by atoms with Gasteiger partial charge in [-0.2, -0.15) is 4.39 Å². The van der Waals surface area contributed by atoms with E-state index in [2.05, 4.69) is 15.2 Å². The molecular weight excluding hydrogens is 335 g/mol. The van der Waals surface area contributed by atoms with Crippen LogP contribution in [0.2, 0.25) is 5.02 Å². The average Bonchev–Trinajstić information content (AvgIpc) is 3.03. The van der Waals surface area contributed by atoms with Crippen LogP contribution in [0.4, 0.5) is 15.8 Å². The van der Waals surface area contributed by atoms with Gasteiger partial charge in [0.15, 0.2) is 0 Å². The predicted molar refractivity (Wildman–Crippen MR) is 89.8 cm³/mol. The molecule has 3 rings (SSSR count). The molecule has 1 aliphatic heterocycles. The SMILES string of the molecule is O=[N+]([O-])c1cc(CN[C@H]2CCN(c3ccc(F)nc3)C2)ccc1Cl. The van der Waals surface area contributed by atoms with Gasteiger partial charge in [0.1, 0.15) is 5.02 Å². The molecule has 1 atom stereocenters. The third-order valence-corrected chi connectivity index (χ3v) is 4.39. The predicted octanol–water partition coefficient (Wildman–Crippen LogP) is 3.15. The smallest absolute Gasteiger partial charge is 0.288 e. The molecule has 1 aromatic heterocycles. The average molecular weight is 351 g/mol. The Hall–Kier alpha value is -2.25. The minimum absolute atomic E-state index is 0.0820. The number of benzene rings is 1. The van der Waals surface area contributed by atoms with Crippen LogP contribution in [0.15, 0.2) is 36.5 Å². The first-order valence-electron chi connectivity index (χ1n) is 7.55. The van der Waals surface area contributed by atoms with E-state index in [1.54, 1.807) is 18.2 Å². The van der Waals surface area contributed by atoms with Crippen LogP contribution >= 0.6 is 11.6 Å². The molecule has 1 aliphatic rings. The summed E-state index contributed by atoms with van der Waals surface area (Å²) in [6.45, 7) is 2.16. The van der Waals surface area contributed by atoms with Gasteiger partial charge in [0, 0.05) is 31.7 Å². The van der Waals surface area contributed by atoms with Gasteiger partial charge < -0.3 is 10.2 Å². The Bertz CT molecular complexity index is 741. The molecule has 2 heterocycles. The van der Waals surface area contributed by atoms with Gasteiger partial charge in [0.2, 0.25) is 5.95 Å².